The van der Waals surface area contributed by atoms with Crippen molar-refractivity contribution in [3.8, 4) is 0 Å². The lowest BCUT2D eigenvalue weighted by Gasteiger charge is -2.17. The number of nitrogens with two attached hydrogens (primary N) is 1. The number of benzene rings is 2. The number of hydrogen-bond acceptors (Lipinski definition) is 1. The van der Waals surface area contributed by atoms with E-state index in [1.54, 1.807) is 12.1 Å². The summed E-state index contributed by atoms with van der Waals surface area (Å²) in [4.78, 5) is 0. The van der Waals surface area contributed by atoms with Gasteiger partial charge in [-0.15, -0.1) is 0 Å². The van der Waals surface area contributed by atoms with Crippen molar-refractivity contribution < 1.29 is 4.39 Å². The molecule has 0 saturated heterocycles. The third-order valence-electron chi connectivity index (χ3n) is 3.09. The van der Waals surface area contributed by atoms with E-state index in [1.807, 2.05) is 24.3 Å². The molecule has 0 heterocycles. The Balaban J connectivity index is 2.27. The Labute approximate surface area is 122 Å². The number of rotatable bonds is 4. The summed E-state index contributed by atoms with van der Waals surface area (Å²) in [5, 5.41) is 1.10. The van der Waals surface area contributed by atoms with Crippen LogP contribution in [0.25, 0.3) is 0 Å². The lowest BCUT2D eigenvalue weighted by Crippen LogP contribution is -2.17. The molecule has 0 bridgehead atoms. The fourth-order valence-electron chi connectivity index (χ4n) is 2.11. The van der Waals surface area contributed by atoms with Crippen molar-refractivity contribution in [3.63, 3.8) is 0 Å². The minimum atomic E-state index is -0.308. The van der Waals surface area contributed by atoms with Gasteiger partial charge in [-0.2, -0.15) is 0 Å². The first-order valence-corrected chi connectivity index (χ1v) is 6.76. The minimum absolute atomic E-state index is 0.144. The summed E-state index contributed by atoms with van der Waals surface area (Å²) in [6.45, 7) is 0.337. The van der Waals surface area contributed by atoms with Crippen molar-refractivity contribution in [1.29, 1.82) is 0 Å². The van der Waals surface area contributed by atoms with E-state index in [9.17, 15) is 4.39 Å². The fraction of sp³-hybridized carbons (Fsp3) is 0.200. The quantitative estimate of drug-likeness (QED) is 0.888. The van der Waals surface area contributed by atoms with Gasteiger partial charge >= 0.3 is 0 Å². The average Bonchev–Trinajstić information content (AvgIpc) is 2.39. The molecule has 2 rings (SSSR count). The monoisotopic (exact) mass is 297 g/mol. The first-order valence-electron chi connectivity index (χ1n) is 6.00. The van der Waals surface area contributed by atoms with E-state index in [1.165, 1.54) is 6.07 Å². The first-order chi connectivity index (χ1) is 9.11. The SMILES string of the molecule is NCC(Cc1ccc(Cl)cc1)c1c(F)cccc1Cl. The fourth-order valence-corrected chi connectivity index (χ4v) is 2.55. The molecule has 0 aliphatic carbocycles. The van der Waals surface area contributed by atoms with Crippen LogP contribution in [-0.4, -0.2) is 6.54 Å². The molecule has 0 amide bonds. The summed E-state index contributed by atoms with van der Waals surface area (Å²) in [5.74, 6) is -0.452. The Morgan fingerprint density at radius 1 is 1.05 bits per heavy atom. The molecule has 2 N–H and O–H groups in total. The van der Waals surface area contributed by atoms with Crippen LogP contribution >= 0.6 is 23.2 Å². The second-order valence-electron chi connectivity index (χ2n) is 4.40. The van der Waals surface area contributed by atoms with Crippen LogP contribution in [0.15, 0.2) is 42.5 Å². The van der Waals surface area contributed by atoms with Gasteiger partial charge in [0.15, 0.2) is 0 Å². The van der Waals surface area contributed by atoms with Crippen LogP contribution in [0.3, 0.4) is 0 Å². The molecule has 0 fully saturated rings. The highest BCUT2D eigenvalue weighted by Gasteiger charge is 2.18. The molecule has 0 spiro atoms. The first kappa shape index (κ1) is 14.3. The third-order valence-corrected chi connectivity index (χ3v) is 3.67. The Hall–Kier alpha value is -1.09. The predicted molar refractivity (Wildman–Crippen MR) is 78.4 cm³/mol. The van der Waals surface area contributed by atoms with Crippen molar-refractivity contribution >= 4 is 23.2 Å². The normalized spacial score (nSPS) is 12.4. The van der Waals surface area contributed by atoms with E-state index in [4.69, 9.17) is 28.9 Å². The zero-order valence-electron chi connectivity index (χ0n) is 10.2. The number of hydrogen-bond donors (Lipinski definition) is 1. The molecule has 0 saturated carbocycles. The standard InChI is InChI=1S/C15H14Cl2FN/c16-12-6-4-10(5-7-12)8-11(9-19)15-13(17)2-1-3-14(15)18/h1-7,11H,8-9,19H2. The van der Waals surface area contributed by atoms with Crippen molar-refractivity contribution in [3.05, 3.63) is 69.5 Å². The zero-order valence-corrected chi connectivity index (χ0v) is 11.8. The summed E-state index contributed by atoms with van der Waals surface area (Å²) in [7, 11) is 0. The molecular weight excluding hydrogens is 284 g/mol. The van der Waals surface area contributed by atoms with Crippen LogP contribution in [-0.2, 0) is 6.42 Å². The molecule has 100 valence electrons. The van der Waals surface area contributed by atoms with Gasteiger partial charge in [0.2, 0.25) is 0 Å². The second-order valence-corrected chi connectivity index (χ2v) is 5.24. The van der Waals surface area contributed by atoms with Gasteiger partial charge in [-0.3, -0.25) is 0 Å². The minimum Gasteiger partial charge on any atom is -0.330 e. The predicted octanol–water partition coefficient (Wildman–Crippen LogP) is 4.42. The van der Waals surface area contributed by atoms with E-state index >= 15 is 0 Å². The van der Waals surface area contributed by atoms with Gasteiger partial charge in [0.05, 0.1) is 0 Å². The molecule has 2 aromatic rings. The highest BCUT2D eigenvalue weighted by atomic mass is 35.5. The topological polar surface area (TPSA) is 26.0 Å². The Bertz CT molecular complexity index is 534. The molecule has 1 unspecified atom stereocenters. The summed E-state index contributed by atoms with van der Waals surface area (Å²) >= 11 is 11.9. The molecule has 1 atom stereocenters. The molecule has 0 aliphatic heterocycles. The van der Waals surface area contributed by atoms with Gasteiger partial charge in [0, 0.05) is 21.5 Å². The van der Waals surface area contributed by atoms with Crippen molar-refractivity contribution in [2.45, 2.75) is 12.3 Å². The van der Waals surface area contributed by atoms with Crippen molar-refractivity contribution in [1.82, 2.24) is 0 Å². The van der Waals surface area contributed by atoms with Crippen LogP contribution in [0.2, 0.25) is 10.0 Å². The largest absolute Gasteiger partial charge is 0.330 e. The van der Waals surface area contributed by atoms with E-state index in [2.05, 4.69) is 0 Å². The third kappa shape index (κ3) is 3.47. The average molecular weight is 298 g/mol. The van der Waals surface area contributed by atoms with E-state index in [-0.39, 0.29) is 11.7 Å². The van der Waals surface area contributed by atoms with Crippen LogP contribution in [0, 0.1) is 5.82 Å². The van der Waals surface area contributed by atoms with Crippen LogP contribution in [0.4, 0.5) is 4.39 Å². The molecule has 4 heteroatoms. The molecule has 1 nitrogen and oxygen atoms in total. The molecule has 0 aliphatic rings. The number of halogens is 3. The van der Waals surface area contributed by atoms with Gasteiger partial charge in [-0.05, 0) is 42.8 Å². The van der Waals surface area contributed by atoms with Crippen LogP contribution in [0.1, 0.15) is 17.0 Å². The summed E-state index contributed by atoms with van der Waals surface area (Å²) in [6.07, 6.45) is 0.633. The van der Waals surface area contributed by atoms with Gasteiger partial charge in [-0.25, -0.2) is 4.39 Å². The van der Waals surface area contributed by atoms with E-state index in [0.29, 0.717) is 28.6 Å². The summed E-state index contributed by atoms with van der Waals surface area (Å²) < 4.78 is 13.9. The summed E-state index contributed by atoms with van der Waals surface area (Å²) in [5.41, 5.74) is 7.31. The van der Waals surface area contributed by atoms with Gasteiger partial charge in [-0.1, -0.05) is 41.4 Å². The molecular formula is C15H14Cl2FN. The van der Waals surface area contributed by atoms with Crippen LogP contribution < -0.4 is 5.73 Å². The Morgan fingerprint density at radius 3 is 2.32 bits per heavy atom. The smallest absolute Gasteiger partial charge is 0.128 e. The molecule has 0 radical (unpaired) electrons. The van der Waals surface area contributed by atoms with Gasteiger partial charge in [0.25, 0.3) is 0 Å². The molecule has 0 aromatic heterocycles. The van der Waals surface area contributed by atoms with Gasteiger partial charge < -0.3 is 5.73 Å². The van der Waals surface area contributed by atoms with Crippen LogP contribution in [0.5, 0.6) is 0 Å². The highest BCUT2D eigenvalue weighted by Crippen LogP contribution is 2.29. The Morgan fingerprint density at radius 2 is 1.74 bits per heavy atom. The van der Waals surface area contributed by atoms with Crippen molar-refractivity contribution in [2.24, 2.45) is 5.73 Å². The summed E-state index contributed by atoms with van der Waals surface area (Å²) in [6, 6.07) is 12.1. The van der Waals surface area contributed by atoms with Gasteiger partial charge in [0.1, 0.15) is 5.82 Å². The Kier molecular flexibility index (Phi) is 4.81. The second kappa shape index (κ2) is 6.38. The molecule has 19 heavy (non-hydrogen) atoms. The highest BCUT2D eigenvalue weighted by molar-refractivity contribution is 6.31. The maximum atomic E-state index is 13.9. The maximum absolute atomic E-state index is 13.9. The lowest BCUT2D eigenvalue weighted by molar-refractivity contribution is 0.576. The lowest BCUT2D eigenvalue weighted by atomic mass is 9.91. The van der Waals surface area contributed by atoms with E-state index < -0.39 is 0 Å². The molecule has 2 aromatic carbocycles. The van der Waals surface area contributed by atoms with Crippen molar-refractivity contribution in [2.75, 3.05) is 6.54 Å². The zero-order chi connectivity index (χ0) is 13.8. The maximum Gasteiger partial charge on any atom is 0.128 e. The van der Waals surface area contributed by atoms with E-state index in [0.717, 1.165) is 5.56 Å².